The minimum atomic E-state index is 0.643. The largest absolute Gasteiger partial charge is 0.309 e. The highest BCUT2D eigenvalue weighted by Crippen LogP contribution is 2.52. The minimum absolute atomic E-state index is 0.643. The zero-order chi connectivity index (χ0) is 39.8. The van der Waals surface area contributed by atoms with E-state index in [2.05, 4.69) is 214 Å². The molecule has 1 aliphatic heterocycles. The molecule has 0 N–H and O–H groups in total. The third-order valence-corrected chi connectivity index (χ3v) is 13.0. The highest BCUT2D eigenvalue weighted by Gasteiger charge is 2.29. The first-order chi connectivity index (χ1) is 30.3. The van der Waals surface area contributed by atoms with Gasteiger partial charge in [0.25, 0.3) is 0 Å². The first-order valence-corrected chi connectivity index (χ1v) is 20.9. The molecule has 0 bridgehead atoms. The summed E-state index contributed by atoms with van der Waals surface area (Å²) in [5.74, 6) is 0.643. The molecule has 0 atom stereocenters. The second-order valence-corrected chi connectivity index (χ2v) is 16.1. The number of aromatic nitrogens is 5. The maximum Gasteiger partial charge on any atom is 0.235 e. The van der Waals surface area contributed by atoms with Crippen LogP contribution in [-0.2, 0) is 0 Å². The van der Waals surface area contributed by atoms with Crippen LogP contribution in [-0.4, -0.2) is 23.7 Å². The van der Waals surface area contributed by atoms with E-state index in [-0.39, 0.29) is 0 Å². The molecule has 5 heterocycles. The van der Waals surface area contributed by atoms with Crippen LogP contribution in [0.5, 0.6) is 0 Å². The van der Waals surface area contributed by atoms with Crippen LogP contribution in [0.3, 0.4) is 0 Å². The van der Waals surface area contributed by atoms with Gasteiger partial charge in [-0.25, -0.2) is 9.97 Å². The van der Waals surface area contributed by atoms with Crippen molar-refractivity contribution < 1.29 is 0 Å². The quantitative estimate of drug-likeness (QED) is 0.179. The van der Waals surface area contributed by atoms with E-state index >= 15 is 0 Å². The van der Waals surface area contributed by atoms with E-state index in [1.165, 1.54) is 71.3 Å². The second kappa shape index (κ2) is 12.1. The molecule has 13 aromatic rings. The lowest BCUT2D eigenvalue weighted by atomic mass is 9.91. The Kier molecular flexibility index (Phi) is 6.49. The first kappa shape index (κ1) is 32.7. The SMILES string of the molecule is c1ccc(-n2c3ccccc3c3c(-c4nc(-n5c6ccccc6c6c7c8c(cc65)c5ccccc5n8-c5ccccc5-c5ccccc5-7)nc5ccccc45)cccc32)cc1. The number of para-hydroxylation sites is 6. The summed E-state index contributed by atoms with van der Waals surface area (Å²) in [4.78, 5) is 11.2. The van der Waals surface area contributed by atoms with Crippen molar-refractivity contribution in [2.24, 2.45) is 0 Å². The second-order valence-electron chi connectivity index (χ2n) is 16.1. The molecule has 61 heavy (non-hydrogen) atoms. The Labute approximate surface area is 349 Å². The van der Waals surface area contributed by atoms with Gasteiger partial charge in [-0.05, 0) is 65.7 Å². The van der Waals surface area contributed by atoms with Crippen LogP contribution < -0.4 is 0 Å². The van der Waals surface area contributed by atoms with Gasteiger partial charge < -0.3 is 9.13 Å². The van der Waals surface area contributed by atoms with Gasteiger partial charge in [0.2, 0.25) is 5.95 Å². The average Bonchev–Trinajstić information content (AvgIpc) is 3.93. The van der Waals surface area contributed by atoms with Crippen molar-refractivity contribution >= 4 is 76.3 Å². The lowest BCUT2D eigenvalue weighted by molar-refractivity contribution is 1.01. The molecule has 0 saturated carbocycles. The van der Waals surface area contributed by atoms with Gasteiger partial charge in [-0.3, -0.25) is 4.57 Å². The van der Waals surface area contributed by atoms with Crippen molar-refractivity contribution in [1.82, 2.24) is 23.7 Å². The van der Waals surface area contributed by atoms with Gasteiger partial charge in [-0.15, -0.1) is 0 Å². The predicted molar refractivity (Wildman–Crippen MR) is 252 cm³/mol. The summed E-state index contributed by atoms with van der Waals surface area (Å²) in [5, 5.41) is 8.15. The van der Waals surface area contributed by atoms with Crippen LogP contribution >= 0.6 is 0 Å². The van der Waals surface area contributed by atoms with Crippen molar-refractivity contribution in [3.05, 3.63) is 200 Å². The fraction of sp³-hybridized carbons (Fsp3) is 0. The molecule has 5 nitrogen and oxygen atoms in total. The Bertz CT molecular complexity index is 4000. The summed E-state index contributed by atoms with van der Waals surface area (Å²) in [5.41, 5.74) is 16.9. The Morgan fingerprint density at radius 3 is 1.70 bits per heavy atom. The molecule has 14 rings (SSSR count). The smallest absolute Gasteiger partial charge is 0.235 e. The molecule has 0 fully saturated rings. The van der Waals surface area contributed by atoms with Crippen molar-refractivity contribution in [2.75, 3.05) is 0 Å². The summed E-state index contributed by atoms with van der Waals surface area (Å²) in [6, 6.07) is 72.3. The van der Waals surface area contributed by atoms with Crippen molar-refractivity contribution in [3.8, 4) is 50.8 Å². The Balaban J connectivity index is 1.14. The number of nitrogens with zero attached hydrogens (tertiary/aromatic N) is 5. The van der Waals surface area contributed by atoms with Crippen molar-refractivity contribution in [1.29, 1.82) is 0 Å². The van der Waals surface area contributed by atoms with Gasteiger partial charge in [0.05, 0.1) is 50.0 Å². The molecule has 282 valence electrons. The minimum Gasteiger partial charge on any atom is -0.309 e. The van der Waals surface area contributed by atoms with Crippen LogP contribution in [0.15, 0.2) is 200 Å². The predicted octanol–water partition coefficient (Wildman–Crippen LogP) is 14.2. The fourth-order valence-corrected chi connectivity index (χ4v) is 10.6. The van der Waals surface area contributed by atoms with Crippen molar-refractivity contribution in [3.63, 3.8) is 0 Å². The zero-order valence-electron chi connectivity index (χ0n) is 32.8. The molecular weight excluding hydrogens is 743 g/mol. The summed E-state index contributed by atoms with van der Waals surface area (Å²) in [6.07, 6.45) is 0. The molecule has 0 unspecified atom stereocenters. The molecule has 1 aliphatic rings. The Morgan fingerprint density at radius 1 is 0.328 bits per heavy atom. The molecule has 0 spiro atoms. The molecule has 9 aromatic carbocycles. The third-order valence-electron chi connectivity index (χ3n) is 13.0. The van der Waals surface area contributed by atoms with Gasteiger partial charge in [-0.2, -0.15) is 0 Å². The van der Waals surface area contributed by atoms with Gasteiger partial charge in [0.1, 0.15) is 0 Å². The number of hydrogen-bond donors (Lipinski definition) is 0. The van der Waals surface area contributed by atoms with Gasteiger partial charge in [-0.1, -0.05) is 146 Å². The molecule has 4 aromatic heterocycles. The maximum absolute atomic E-state index is 5.70. The highest BCUT2D eigenvalue weighted by atomic mass is 15.2. The summed E-state index contributed by atoms with van der Waals surface area (Å²) < 4.78 is 7.19. The standard InChI is InChI=1S/C56H33N5/c1-2-17-34(18-3-1)59-47-30-14-9-24-40(47)51-42(26-16-32-49(51)59)54-39-23-6-11-27-44(39)57-56(58-54)61-48-31-15-10-25-41(48)52-50(61)33-43-37-21-8-13-29-46(37)60-45-28-12-7-20-36(45)35-19-4-5-22-38(35)53(52)55(43)60/h1-33H. The van der Waals surface area contributed by atoms with Gasteiger partial charge in [0.15, 0.2) is 0 Å². The number of rotatable bonds is 3. The van der Waals surface area contributed by atoms with Crippen LogP contribution in [0.2, 0.25) is 0 Å². The summed E-state index contributed by atoms with van der Waals surface area (Å²) >= 11 is 0. The van der Waals surface area contributed by atoms with E-state index < -0.39 is 0 Å². The molecule has 0 radical (unpaired) electrons. The van der Waals surface area contributed by atoms with E-state index in [4.69, 9.17) is 9.97 Å². The Hall–Kier alpha value is -8.28. The summed E-state index contributed by atoms with van der Waals surface area (Å²) in [7, 11) is 0. The molecule has 0 aliphatic carbocycles. The first-order valence-electron chi connectivity index (χ1n) is 20.9. The molecule has 5 heteroatoms. The van der Waals surface area contributed by atoms with Crippen LogP contribution in [0.25, 0.3) is 127 Å². The van der Waals surface area contributed by atoms with Crippen LogP contribution in [0.4, 0.5) is 0 Å². The fourth-order valence-electron chi connectivity index (χ4n) is 10.6. The third kappa shape index (κ3) is 4.34. The van der Waals surface area contributed by atoms with E-state index in [1.54, 1.807) is 0 Å². The number of benzene rings is 9. The number of hydrogen-bond acceptors (Lipinski definition) is 2. The van der Waals surface area contributed by atoms with Gasteiger partial charge in [0, 0.05) is 60.1 Å². The lowest BCUT2D eigenvalue weighted by Gasteiger charge is -2.14. The zero-order valence-corrected chi connectivity index (χ0v) is 32.8. The van der Waals surface area contributed by atoms with E-state index in [9.17, 15) is 0 Å². The van der Waals surface area contributed by atoms with Gasteiger partial charge >= 0.3 is 0 Å². The summed E-state index contributed by atoms with van der Waals surface area (Å²) in [6.45, 7) is 0. The van der Waals surface area contributed by atoms with E-state index in [1.807, 2.05) is 0 Å². The van der Waals surface area contributed by atoms with Crippen LogP contribution in [0, 0.1) is 0 Å². The maximum atomic E-state index is 5.70. The molecule has 0 amide bonds. The van der Waals surface area contributed by atoms with E-state index in [0.717, 1.165) is 49.9 Å². The van der Waals surface area contributed by atoms with E-state index in [0.29, 0.717) is 5.95 Å². The number of fused-ring (bicyclic) bond motifs is 16. The monoisotopic (exact) mass is 775 g/mol. The lowest BCUT2D eigenvalue weighted by Crippen LogP contribution is -2.04. The average molecular weight is 776 g/mol. The van der Waals surface area contributed by atoms with Crippen molar-refractivity contribution in [2.45, 2.75) is 0 Å². The van der Waals surface area contributed by atoms with Crippen LogP contribution in [0.1, 0.15) is 0 Å². The molecular formula is C56H33N5. The highest BCUT2D eigenvalue weighted by molar-refractivity contribution is 6.28. The topological polar surface area (TPSA) is 40.6 Å². The normalized spacial score (nSPS) is 12.3. The Morgan fingerprint density at radius 2 is 0.902 bits per heavy atom. The molecule has 0 saturated heterocycles.